The average molecular weight is 355 g/mol. The van der Waals surface area contributed by atoms with E-state index in [1.165, 1.54) is 11.1 Å². The lowest BCUT2D eigenvalue weighted by Gasteiger charge is -2.36. The van der Waals surface area contributed by atoms with Crippen LogP contribution in [-0.2, 0) is 19.5 Å². The molecule has 140 valence electrons. The number of piperazine rings is 1. The maximum Gasteiger partial charge on any atom is 0.194 e. The molecule has 0 spiro atoms. The van der Waals surface area contributed by atoms with Gasteiger partial charge in [-0.1, -0.05) is 36.3 Å². The van der Waals surface area contributed by atoms with Gasteiger partial charge < -0.3 is 14.7 Å². The van der Waals surface area contributed by atoms with Crippen molar-refractivity contribution in [1.82, 2.24) is 20.3 Å². The summed E-state index contributed by atoms with van der Waals surface area (Å²) < 4.78 is 5.16. The van der Waals surface area contributed by atoms with Crippen LogP contribution in [0.3, 0.4) is 0 Å². The molecule has 1 saturated heterocycles. The zero-order chi connectivity index (χ0) is 18.4. The molecule has 0 saturated carbocycles. The Bertz CT molecular complexity index is 731. The van der Waals surface area contributed by atoms with Crippen molar-refractivity contribution in [3.8, 4) is 0 Å². The standard InChI is InChI=1S/C20H29N5O/c1-4-17-7-5-6-8-18(17)14-22-20(21-3)25-11-9-24(10-12-25)15-19-13-16(2)26-23-19/h5-8,13H,4,9-12,14-15H2,1-3H3,(H,21,22). The molecule has 1 aliphatic heterocycles. The van der Waals surface area contributed by atoms with Gasteiger partial charge in [-0.05, 0) is 24.5 Å². The fraction of sp³-hybridized carbons (Fsp3) is 0.500. The van der Waals surface area contributed by atoms with E-state index >= 15 is 0 Å². The molecule has 1 N–H and O–H groups in total. The SMILES string of the molecule is CCc1ccccc1CNC(=NC)N1CCN(Cc2cc(C)on2)CC1. The number of aromatic nitrogens is 1. The highest BCUT2D eigenvalue weighted by Gasteiger charge is 2.20. The zero-order valence-electron chi connectivity index (χ0n) is 16.0. The molecular weight excluding hydrogens is 326 g/mol. The Balaban J connectivity index is 1.50. The average Bonchev–Trinajstić information content (AvgIpc) is 3.08. The van der Waals surface area contributed by atoms with Crippen molar-refractivity contribution in [3.63, 3.8) is 0 Å². The van der Waals surface area contributed by atoms with Crippen LogP contribution >= 0.6 is 0 Å². The summed E-state index contributed by atoms with van der Waals surface area (Å²) in [4.78, 5) is 9.22. The van der Waals surface area contributed by atoms with Gasteiger partial charge in [0, 0.05) is 52.4 Å². The molecule has 3 rings (SSSR count). The van der Waals surface area contributed by atoms with Gasteiger partial charge in [0.15, 0.2) is 5.96 Å². The molecule has 2 aromatic rings. The van der Waals surface area contributed by atoms with Crippen LogP contribution in [-0.4, -0.2) is 54.1 Å². The first-order chi connectivity index (χ1) is 12.7. The lowest BCUT2D eigenvalue weighted by molar-refractivity contribution is 0.169. The van der Waals surface area contributed by atoms with Crippen LogP contribution in [0.1, 0.15) is 29.5 Å². The van der Waals surface area contributed by atoms with E-state index in [-0.39, 0.29) is 0 Å². The Labute approximate surface area is 155 Å². The molecule has 0 bridgehead atoms. The fourth-order valence-corrected chi connectivity index (χ4v) is 3.42. The number of hydrogen-bond acceptors (Lipinski definition) is 4. The molecule has 6 heteroatoms. The van der Waals surface area contributed by atoms with E-state index in [1.54, 1.807) is 0 Å². The number of rotatable bonds is 5. The van der Waals surface area contributed by atoms with Crippen molar-refractivity contribution < 1.29 is 4.52 Å². The van der Waals surface area contributed by atoms with Gasteiger partial charge in [-0.15, -0.1) is 0 Å². The molecule has 1 aromatic heterocycles. The van der Waals surface area contributed by atoms with Crippen molar-refractivity contribution >= 4 is 5.96 Å². The van der Waals surface area contributed by atoms with Gasteiger partial charge in [0.05, 0.1) is 5.69 Å². The second kappa shape index (κ2) is 8.85. The van der Waals surface area contributed by atoms with E-state index in [2.05, 4.69) is 56.5 Å². The van der Waals surface area contributed by atoms with Gasteiger partial charge in [0.2, 0.25) is 0 Å². The molecule has 0 unspecified atom stereocenters. The van der Waals surface area contributed by atoms with Crippen LogP contribution in [0.2, 0.25) is 0 Å². The molecule has 0 amide bonds. The largest absolute Gasteiger partial charge is 0.361 e. The smallest absolute Gasteiger partial charge is 0.194 e. The van der Waals surface area contributed by atoms with Gasteiger partial charge in [-0.3, -0.25) is 9.89 Å². The number of aryl methyl sites for hydroxylation is 2. The first-order valence-corrected chi connectivity index (χ1v) is 9.36. The predicted molar refractivity (Wildman–Crippen MR) is 104 cm³/mol. The van der Waals surface area contributed by atoms with Gasteiger partial charge in [-0.2, -0.15) is 0 Å². The fourth-order valence-electron chi connectivity index (χ4n) is 3.42. The highest BCUT2D eigenvalue weighted by molar-refractivity contribution is 5.80. The molecule has 6 nitrogen and oxygen atoms in total. The van der Waals surface area contributed by atoms with Crippen molar-refractivity contribution in [3.05, 3.63) is 52.9 Å². The molecule has 1 aromatic carbocycles. The van der Waals surface area contributed by atoms with E-state index < -0.39 is 0 Å². The number of nitrogens with one attached hydrogen (secondary N) is 1. The summed E-state index contributed by atoms with van der Waals surface area (Å²) >= 11 is 0. The molecule has 26 heavy (non-hydrogen) atoms. The van der Waals surface area contributed by atoms with Crippen molar-refractivity contribution in [2.24, 2.45) is 4.99 Å². The number of nitrogens with zero attached hydrogens (tertiary/aromatic N) is 4. The predicted octanol–water partition coefficient (Wildman–Crippen LogP) is 2.44. The van der Waals surface area contributed by atoms with Gasteiger partial charge in [0.25, 0.3) is 0 Å². The third kappa shape index (κ3) is 4.64. The monoisotopic (exact) mass is 355 g/mol. The highest BCUT2D eigenvalue weighted by Crippen LogP contribution is 2.11. The highest BCUT2D eigenvalue weighted by atomic mass is 16.5. The van der Waals surface area contributed by atoms with Crippen LogP contribution < -0.4 is 5.32 Å². The normalized spacial score (nSPS) is 16.1. The van der Waals surface area contributed by atoms with E-state index in [0.717, 1.165) is 63.1 Å². The van der Waals surface area contributed by atoms with E-state index in [1.807, 2.05) is 20.0 Å². The van der Waals surface area contributed by atoms with E-state index in [0.29, 0.717) is 0 Å². The quantitative estimate of drug-likeness (QED) is 0.659. The molecule has 2 heterocycles. The minimum absolute atomic E-state index is 0.815. The summed E-state index contributed by atoms with van der Waals surface area (Å²) in [6.45, 7) is 9.72. The topological polar surface area (TPSA) is 56.9 Å². The Morgan fingerprint density at radius 1 is 1.19 bits per heavy atom. The van der Waals surface area contributed by atoms with Crippen LogP contribution in [0.25, 0.3) is 0 Å². The number of guanidine groups is 1. The Hall–Kier alpha value is -2.34. The maximum absolute atomic E-state index is 5.16. The molecule has 1 aliphatic rings. The maximum atomic E-state index is 5.16. The lowest BCUT2D eigenvalue weighted by Crippen LogP contribution is -2.52. The minimum atomic E-state index is 0.815. The summed E-state index contributed by atoms with van der Waals surface area (Å²) in [6, 6.07) is 10.6. The second-order valence-electron chi connectivity index (χ2n) is 6.72. The first-order valence-electron chi connectivity index (χ1n) is 9.36. The molecule has 0 aliphatic carbocycles. The van der Waals surface area contributed by atoms with Gasteiger partial charge >= 0.3 is 0 Å². The summed E-state index contributed by atoms with van der Waals surface area (Å²) in [5.74, 6) is 1.85. The summed E-state index contributed by atoms with van der Waals surface area (Å²) in [6.07, 6.45) is 1.05. The van der Waals surface area contributed by atoms with Crippen LogP contribution in [0, 0.1) is 6.92 Å². The third-order valence-corrected chi connectivity index (χ3v) is 4.88. The van der Waals surface area contributed by atoms with Crippen LogP contribution in [0.4, 0.5) is 0 Å². The van der Waals surface area contributed by atoms with Crippen LogP contribution in [0.15, 0.2) is 39.8 Å². The van der Waals surface area contributed by atoms with E-state index in [9.17, 15) is 0 Å². The Morgan fingerprint density at radius 2 is 1.92 bits per heavy atom. The molecule has 0 radical (unpaired) electrons. The van der Waals surface area contributed by atoms with Gasteiger partial charge in [0.1, 0.15) is 5.76 Å². The first kappa shape index (κ1) is 18.5. The molecule has 1 fully saturated rings. The van der Waals surface area contributed by atoms with Crippen LogP contribution in [0.5, 0.6) is 0 Å². The third-order valence-electron chi connectivity index (χ3n) is 4.88. The van der Waals surface area contributed by atoms with E-state index in [4.69, 9.17) is 4.52 Å². The molecular formula is C20H29N5O. The minimum Gasteiger partial charge on any atom is -0.361 e. The van der Waals surface area contributed by atoms with Gasteiger partial charge in [-0.25, -0.2) is 0 Å². The Kier molecular flexibility index (Phi) is 6.28. The van der Waals surface area contributed by atoms with Crippen molar-refractivity contribution in [1.29, 1.82) is 0 Å². The number of aliphatic imine (C=N–C) groups is 1. The summed E-state index contributed by atoms with van der Waals surface area (Å²) in [7, 11) is 1.86. The lowest BCUT2D eigenvalue weighted by atomic mass is 10.1. The number of benzene rings is 1. The Morgan fingerprint density at radius 3 is 2.54 bits per heavy atom. The van der Waals surface area contributed by atoms with Crippen molar-refractivity contribution in [2.75, 3.05) is 33.2 Å². The summed E-state index contributed by atoms with van der Waals surface area (Å²) in [5.41, 5.74) is 3.74. The summed E-state index contributed by atoms with van der Waals surface area (Å²) in [5, 5.41) is 7.62. The zero-order valence-corrected chi connectivity index (χ0v) is 16.0. The molecule has 0 atom stereocenters. The van der Waals surface area contributed by atoms with Crippen molar-refractivity contribution in [2.45, 2.75) is 33.4 Å². The second-order valence-corrected chi connectivity index (χ2v) is 6.72. The number of hydrogen-bond donors (Lipinski definition) is 1.